The van der Waals surface area contributed by atoms with E-state index < -0.39 is 0 Å². The molecule has 3 heteroatoms. The number of fused-ring (bicyclic) bond motifs is 1. The van der Waals surface area contributed by atoms with Gasteiger partial charge >= 0.3 is 7.12 Å². The van der Waals surface area contributed by atoms with Gasteiger partial charge in [-0.15, -0.1) is 0 Å². The average Bonchev–Trinajstić information content (AvgIpc) is 2.39. The highest BCUT2D eigenvalue weighted by atomic mass is 16.6. The fourth-order valence-electron chi connectivity index (χ4n) is 3.53. The molecule has 1 saturated carbocycles. The van der Waals surface area contributed by atoms with Crippen LogP contribution in [0.4, 0.5) is 0 Å². The Bertz CT molecular complexity index is 408. The standard InChI is InChI=1S/C15H21BO2/c1-12-14-10-6-7-11-15(14,2)18-16(17-12)13-8-4-3-5-9-13/h3-5,8-9,12,14H,6-7,10-11H2,1-2H3/t12-,14-,15+/m1/s1. The Morgan fingerprint density at radius 3 is 2.78 bits per heavy atom. The molecule has 3 rings (SSSR count). The van der Waals surface area contributed by atoms with E-state index in [4.69, 9.17) is 9.31 Å². The zero-order chi connectivity index (χ0) is 12.6. The smallest absolute Gasteiger partial charge is 0.404 e. The SMILES string of the molecule is C[C@H]1OB(c2ccccc2)O[C@@]2(C)CCCC[C@H]12. The summed E-state index contributed by atoms with van der Waals surface area (Å²) in [5.41, 5.74) is 1.13. The van der Waals surface area contributed by atoms with Gasteiger partial charge in [-0.05, 0) is 32.2 Å². The molecule has 1 aliphatic heterocycles. The summed E-state index contributed by atoms with van der Waals surface area (Å²) in [4.78, 5) is 0. The van der Waals surface area contributed by atoms with Crippen LogP contribution in [0.15, 0.2) is 30.3 Å². The summed E-state index contributed by atoms with van der Waals surface area (Å²) in [6.07, 6.45) is 5.27. The first-order valence-corrected chi connectivity index (χ1v) is 7.07. The summed E-state index contributed by atoms with van der Waals surface area (Å²) >= 11 is 0. The summed E-state index contributed by atoms with van der Waals surface area (Å²) in [6, 6.07) is 10.3. The van der Waals surface area contributed by atoms with Crippen LogP contribution in [0.5, 0.6) is 0 Å². The lowest BCUT2D eigenvalue weighted by atomic mass is 9.67. The third-order valence-corrected chi connectivity index (χ3v) is 4.58. The number of hydrogen-bond donors (Lipinski definition) is 0. The van der Waals surface area contributed by atoms with Crippen molar-refractivity contribution in [3.63, 3.8) is 0 Å². The average molecular weight is 244 g/mol. The van der Waals surface area contributed by atoms with E-state index in [0.717, 1.165) is 11.9 Å². The third kappa shape index (κ3) is 2.10. The minimum Gasteiger partial charge on any atom is -0.404 e. The van der Waals surface area contributed by atoms with E-state index in [2.05, 4.69) is 26.0 Å². The van der Waals surface area contributed by atoms with Gasteiger partial charge in [0, 0.05) is 12.0 Å². The molecular weight excluding hydrogens is 223 g/mol. The quantitative estimate of drug-likeness (QED) is 0.707. The molecule has 96 valence electrons. The largest absolute Gasteiger partial charge is 0.494 e. The van der Waals surface area contributed by atoms with Crippen LogP contribution in [-0.4, -0.2) is 18.8 Å². The first-order valence-electron chi connectivity index (χ1n) is 7.07. The molecule has 0 amide bonds. The second-order valence-corrected chi connectivity index (χ2v) is 5.87. The molecule has 0 aromatic heterocycles. The molecule has 0 radical (unpaired) electrons. The highest BCUT2D eigenvalue weighted by molar-refractivity contribution is 6.61. The summed E-state index contributed by atoms with van der Waals surface area (Å²) in [5.74, 6) is 0.547. The number of hydrogen-bond acceptors (Lipinski definition) is 2. The van der Waals surface area contributed by atoms with Crippen LogP contribution in [0.2, 0.25) is 0 Å². The third-order valence-electron chi connectivity index (χ3n) is 4.58. The van der Waals surface area contributed by atoms with E-state index in [1.54, 1.807) is 0 Å². The molecule has 1 aromatic carbocycles. The molecule has 18 heavy (non-hydrogen) atoms. The van der Waals surface area contributed by atoms with Crippen LogP contribution in [0.3, 0.4) is 0 Å². The minimum atomic E-state index is -0.194. The monoisotopic (exact) mass is 244 g/mol. The summed E-state index contributed by atoms with van der Waals surface area (Å²) in [5, 5.41) is 0. The summed E-state index contributed by atoms with van der Waals surface area (Å²) in [6.45, 7) is 4.47. The van der Waals surface area contributed by atoms with Crippen molar-refractivity contribution in [2.75, 3.05) is 0 Å². The molecule has 0 spiro atoms. The lowest BCUT2D eigenvalue weighted by Gasteiger charge is -2.50. The van der Waals surface area contributed by atoms with Gasteiger partial charge in [-0.1, -0.05) is 43.2 Å². The van der Waals surface area contributed by atoms with Crippen LogP contribution in [0, 0.1) is 5.92 Å². The van der Waals surface area contributed by atoms with Crippen molar-refractivity contribution in [2.45, 2.75) is 51.2 Å². The van der Waals surface area contributed by atoms with Gasteiger partial charge in [-0.3, -0.25) is 0 Å². The molecule has 1 aliphatic carbocycles. The van der Waals surface area contributed by atoms with Gasteiger partial charge in [-0.25, -0.2) is 0 Å². The van der Waals surface area contributed by atoms with Crippen molar-refractivity contribution >= 4 is 12.6 Å². The maximum Gasteiger partial charge on any atom is 0.494 e. The topological polar surface area (TPSA) is 18.5 Å². The van der Waals surface area contributed by atoms with Gasteiger partial charge in [0.25, 0.3) is 0 Å². The lowest BCUT2D eigenvalue weighted by molar-refractivity contribution is -0.111. The molecule has 3 atom stereocenters. The van der Waals surface area contributed by atoms with Crippen LogP contribution in [-0.2, 0) is 9.31 Å². The first-order chi connectivity index (χ1) is 8.69. The Hall–Kier alpha value is -0.795. The molecule has 1 aromatic rings. The molecule has 2 fully saturated rings. The summed E-state index contributed by atoms with van der Waals surface area (Å²) < 4.78 is 12.4. The van der Waals surface area contributed by atoms with Crippen LogP contribution >= 0.6 is 0 Å². The van der Waals surface area contributed by atoms with E-state index >= 15 is 0 Å². The molecule has 2 nitrogen and oxygen atoms in total. The van der Waals surface area contributed by atoms with E-state index in [9.17, 15) is 0 Å². The van der Waals surface area contributed by atoms with Crippen molar-refractivity contribution in [3.8, 4) is 0 Å². The van der Waals surface area contributed by atoms with Crippen LogP contribution in [0.25, 0.3) is 0 Å². The van der Waals surface area contributed by atoms with Gasteiger partial charge < -0.3 is 9.31 Å². The van der Waals surface area contributed by atoms with E-state index in [1.165, 1.54) is 19.3 Å². The second kappa shape index (κ2) is 4.71. The van der Waals surface area contributed by atoms with Gasteiger partial charge in [0.15, 0.2) is 0 Å². The van der Waals surface area contributed by atoms with Crippen molar-refractivity contribution in [2.24, 2.45) is 5.92 Å². The minimum absolute atomic E-state index is 0.00355. The number of benzene rings is 1. The van der Waals surface area contributed by atoms with Crippen LogP contribution in [0.1, 0.15) is 39.5 Å². The predicted molar refractivity (Wildman–Crippen MR) is 73.8 cm³/mol. The Morgan fingerprint density at radius 2 is 2.00 bits per heavy atom. The highest BCUT2D eigenvalue weighted by Gasteiger charge is 2.49. The lowest BCUT2D eigenvalue weighted by Crippen LogP contribution is -2.59. The van der Waals surface area contributed by atoms with E-state index in [1.807, 2.05) is 18.2 Å². The predicted octanol–water partition coefficient (Wildman–Crippen LogP) is 2.77. The maximum atomic E-state index is 6.31. The van der Waals surface area contributed by atoms with Crippen molar-refractivity contribution < 1.29 is 9.31 Å². The van der Waals surface area contributed by atoms with Gasteiger partial charge in [0.2, 0.25) is 0 Å². The van der Waals surface area contributed by atoms with Gasteiger partial charge in [-0.2, -0.15) is 0 Å². The Labute approximate surface area is 110 Å². The summed E-state index contributed by atoms with van der Waals surface area (Å²) in [7, 11) is -0.194. The Kier molecular flexibility index (Phi) is 3.20. The Morgan fingerprint density at radius 1 is 1.22 bits per heavy atom. The normalized spacial score (nSPS) is 36.2. The fraction of sp³-hybridized carbons (Fsp3) is 0.600. The van der Waals surface area contributed by atoms with E-state index in [0.29, 0.717) is 5.92 Å². The molecule has 0 bridgehead atoms. The van der Waals surface area contributed by atoms with Crippen molar-refractivity contribution in [3.05, 3.63) is 30.3 Å². The van der Waals surface area contributed by atoms with Crippen molar-refractivity contribution in [1.82, 2.24) is 0 Å². The van der Waals surface area contributed by atoms with Gasteiger partial charge in [0.05, 0.1) is 5.60 Å². The highest BCUT2D eigenvalue weighted by Crippen LogP contribution is 2.42. The zero-order valence-corrected chi connectivity index (χ0v) is 11.3. The molecule has 1 heterocycles. The molecule has 0 unspecified atom stereocenters. The number of rotatable bonds is 1. The molecular formula is C15H21BO2. The molecule has 1 saturated heterocycles. The molecule has 0 N–H and O–H groups in total. The van der Waals surface area contributed by atoms with Gasteiger partial charge in [0.1, 0.15) is 0 Å². The van der Waals surface area contributed by atoms with E-state index in [-0.39, 0.29) is 18.8 Å². The van der Waals surface area contributed by atoms with Crippen LogP contribution < -0.4 is 5.46 Å². The van der Waals surface area contributed by atoms with Crippen molar-refractivity contribution in [1.29, 1.82) is 0 Å². The first kappa shape index (κ1) is 12.2. The second-order valence-electron chi connectivity index (χ2n) is 5.87. The fourth-order valence-corrected chi connectivity index (χ4v) is 3.53. The maximum absolute atomic E-state index is 6.31. The molecule has 2 aliphatic rings. The zero-order valence-electron chi connectivity index (χ0n) is 11.3. The Balaban J connectivity index is 1.84.